The summed E-state index contributed by atoms with van der Waals surface area (Å²) >= 11 is 1.52. The van der Waals surface area contributed by atoms with E-state index < -0.39 is 12.6 Å². The molecule has 0 spiro atoms. The van der Waals surface area contributed by atoms with E-state index in [1.807, 2.05) is 6.26 Å². The summed E-state index contributed by atoms with van der Waals surface area (Å²) in [5.74, 6) is 0. The van der Waals surface area contributed by atoms with Crippen molar-refractivity contribution in [1.82, 2.24) is 4.98 Å². The Balaban J connectivity index is 2.52. The molecule has 0 bridgehead atoms. The van der Waals surface area contributed by atoms with Gasteiger partial charge in [-0.15, -0.1) is 11.8 Å². The number of halogens is 3. The summed E-state index contributed by atoms with van der Waals surface area (Å²) in [6.45, 7) is 0. The average Bonchev–Trinajstić information content (AvgIpc) is 2.14. The summed E-state index contributed by atoms with van der Waals surface area (Å²) in [5.41, 5.74) is 0.486. The summed E-state index contributed by atoms with van der Waals surface area (Å²) in [6.07, 6.45) is -1.46. The van der Waals surface area contributed by atoms with Gasteiger partial charge in [-0.1, -0.05) is 0 Å². The third-order valence-electron chi connectivity index (χ3n) is 1.70. The molecule has 0 saturated carbocycles. The monoisotopic (exact) mass is 221 g/mol. The Morgan fingerprint density at radius 1 is 1.36 bits per heavy atom. The fourth-order valence-electron chi connectivity index (χ4n) is 0.949. The second-order valence-corrected chi connectivity index (χ2v) is 3.68. The van der Waals surface area contributed by atoms with Crippen LogP contribution in [0.3, 0.4) is 0 Å². The van der Waals surface area contributed by atoms with E-state index in [0.29, 0.717) is 5.69 Å². The molecule has 0 atom stereocenters. The van der Waals surface area contributed by atoms with E-state index >= 15 is 0 Å². The maximum Gasteiger partial charge on any atom is 0.389 e. The highest BCUT2D eigenvalue weighted by molar-refractivity contribution is 7.98. The van der Waals surface area contributed by atoms with Gasteiger partial charge in [0.2, 0.25) is 0 Å². The van der Waals surface area contributed by atoms with Crippen LogP contribution in [-0.4, -0.2) is 17.4 Å². The highest BCUT2D eigenvalue weighted by Gasteiger charge is 2.26. The largest absolute Gasteiger partial charge is 0.389 e. The molecule has 0 aromatic carbocycles. The van der Waals surface area contributed by atoms with Crippen molar-refractivity contribution in [3.63, 3.8) is 0 Å². The first-order valence-electron chi connectivity index (χ1n) is 4.07. The standard InChI is InChI=1S/C9H10F3NS/c1-14-8-3-2-7(13-6-8)4-5-9(10,11)12/h2-3,6H,4-5H2,1H3. The third-order valence-corrected chi connectivity index (χ3v) is 2.41. The zero-order valence-corrected chi connectivity index (χ0v) is 8.45. The molecule has 0 N–H and O–H groups in total. The lowest BCUT2D eigenvalue weighted by Gasteiger charge is -2.05. The topological polar surface area (TPSA) is 12.9 Å². The molecule has 0 fully saturated rings. The van der Waals surface area contributed by atoms with E-state index in [2.05, 4.69) is 4.98 Å². The van der Waals surface area contributed by atoms with Gasteiger partial charge >= 0.3 is 6.18 Å². The zero-order chi connectivity index (χ0) is 10.6. The summed E-state index contributed by atoms with van der Waals surface area (Å²) in [4.78, 5) is 4.89. The maximum atomic E-state index is 11.9. The van der Waals surface area contributed by atoms with Crippen LogP contribution >= 0.6 is 11.8 Å². The molecule has 78 valence electrons. The maximum absolute atomic E-state index is 11.9. The normalized spacial score (nSPS) is 11.7. The number of aryl methyl sites for hydroxylation is 1. The third kappa shape index (κ3) is 4.00. The van der Waals surface area contributed by atoms with Crippen LogP contribution in [-0.2, 0) is 6.42 Å². The SMILES string of the molecule is CSc1ccc(CCC(F)(F)F)nc1. The lowest BCUT2D eigenvalue weighted by molar-refractivity contribution is -0.134. The number of aromatic nitrogens is 1. The van der Waals surface area contributed by atoms with Crippen molar-refractivity contribution in [2.45, 2.75) is 23.9 Å². The second kappa shape index (κ2) is 4.68. The molecule has 0 saturated heterocycles. The number of thioether (sulfide) groups is 1. The number of nitrogens with zero attached hydrogens (tertiary/aromatic N) is 1. The van der Waals surface area contributed by atoms with Gasteiger partial charge in [0, 0.05) is 23.2 Å². The predicted molar refractivity (Wildman–Crippen MR) is 50.4 cm³/mol. The Kier molecular flexibility index (Phi) is 3.80. The lowest BCUT2D eigenvalue weighted by Crippen LogP contribution is -2.09. The van der Waals surface area contributed by atoms with Crippen molar-refractivity contribution < 1.29 is 13.2 Å². The van der Waals surface area contributed by atoms with Gasteiger partial charge < -0.3 is 0 Å². The van der Waals surface area contributed by atoms with Crippen LogP contribution in [0, 0.1) is 0 Å². The van der Waals surface area contributed by atoms with Gasteiger partial charge in [-0.25, -0.2) is 0 Å². The number of hydrogen-bond donors (Lipinski definition) is 0. The van der Waals surface area contributed by atoms with E-state index in [9.17, 15) is 13.2 Å². The minimum absolute atomic E-state index is 0.0435. The van der Waals surface area contributed by atoms with E-state index in [1.54, 1.807) is 18.3 Å². The zero-order valence-electron chi connectivity index (χ0n) is 7.64. The molecule has 0 amide bonds. The first kappa shape index (κ1) is 11.4. The van der Waals surface area contributed by atoms with Crippen LogP contribution in [0.4, 0.5) is 13.2 Å². The Labute approximate surface area is 84.7 Å². The van der Waals surface area contributed by atoms with Crippen molar-refractivity contribution in [1.29, 1.82) is 0 Å². The molecule has 1 aromatic heterocycles. The minimum Gasteiger partial charge on any atom is -0.260 e. The first-order chi connectivity index (χ1) is 6.51. The van der Waals surface area contributed by atoms with Gasteiger partial charge in [0.05, 0.1) is 0 Å². The van der Waals surface area contributed by atoms with Crippen LogP contribution < -0.4 is 0 Å². The second-order valence-electron chi connectivity index (χ2n) is 2.80. The molecular formula is C9H10F3NS. The summed E-state index contributed by atoms with van der Waals surface area (Å²) in [5, 5.41) is 0. The van der Waals surface area contributed by atoms with Gasteiger partial charge in [0.15, 0.2) is 0 Å². The molecule has 5 heteroatoms. The van der Waals surface area contributed by atoms with Crippen molar-refractivity contribution in [3.05, 3.63) is 24.0 Å². The summed E-state index contributed by atoms with van der Waals surface area (Å²) in [7, 11) is 0. The van der Waals surface area contributed by atoms with Crippen LogP contribution in [0.15, 0.2) is 23.2 Å². The molecule has 1 heterocycles. The van der Waals surface area contributed by atoms with E-state index in [1.165, 1.54) is 11.8 Å². The van der Waals surface area contributed by atoms with Crippen LogP contribution in [0.1, 0.15) is 12.1 Å². The Hall–Kier alpha value is -0.710. The first-order valence-corrected chi connectivity index (χ1v) is 5.29. The van der Waals surface area contributed by atoms with E-state index in [4.69, 9.17) is 0 Å². The molecule has 1 rings (SSSR count). The number of alkyl halides is 3. The Morgan fingerprint density at radius 2 is 2.07 bits per heavy atom. The fraction of sp³-hybridized carbons (Fsp3) is 0.444. The molecule has 1 aromatic rings. The molecule has 1 nitrogen and oxygen atoms in total. The summed E-state index contributed by atoms with van der Waals surface area (Å²) in [6, 6.07) is 3.42. The Bertz CT molecular complexity index is 281. The highest BCUT2D eigenvalue weighted by Crippen LogP contribution is 2.22. The minimum atomic E-state index is -4.10. The molecule has 0 aliphatic carbocycles. The van der Waals surface area contributed by atoms with Crippen molar-refractivity contribution in [2.75, 3.05) is 6.26 Å². The van der Waals surface area contributed by atoms with Crippen molar-refractivity contribution >= 4 is 11.8 Å². The molecular weight excluding hydrogens is 211 g/mol. The van der Waals surface area contributed by atoms with E-state index in [0.717, 1.165) is 4.90 Å². The molecule has 0 radical (unpaired) electrons. The van der Waals surface area contributed by atoms with Crippen LogP contribution in [0.2, 0.25) is 0 Å². The fourth-order valence-corrected chi connectivity index (χ4v) is 1.31. The van der Waals surface area contributed by atoms with Gasteiger partial charge in [-0.2, -0.15) is 13.2 Å². The molecule has 0 aliphatic rings. The van der Waals surface area contributed by atoms with E-state index in [-0.39, 0.29) is 6.42 Å². The predicted octanol–water partition coefficient (Wildman–Crippen LogP) is 3.30. The molecule has 14 heavy (non-hydrogen) atoms. The van der Waals surface area contributed by atoms with Gasteiger partial charge in [-0.05, 0) is 24.8 Å². The Morgan fingerprint density at radius 3 is 2.50 bits per heavy atom. The molecule has 0 unspecified atom stereocenters. The molecule has 0 aliphatic heterocycles. The number of pyridine rings is 1. The summed E-state index contributed by atoms with van der Waals surface area (Å²) < 4.78 is 35.6. The van der Waals surface area contributed by atoms with Gasteiger partial charge in [0.25, 0.3) is 0 Å². The smallest absolute Gasteiger partial charge is 0.260 e. The van der Waals surface area contributed by atoms with Crippen LogP contribution in [0.25, 0.3) is 0 Å². The average molecular weight is 221 g/mol. The van der Waals surface area contributed by atoms with Crippen molar-refractivity contribution in [3.8, 4) is 0 Å². The van der Waals surface area contributed by atoms with Crippen LogP contribution in [0.5, 0.6) is 0 Å². The quantitative estimate of drug-likeness (QED) is 0.726. The number of hydrogen-bond acceptors (Lipinski definition) is 2. The van der Waals surface area contributed by atoms with Gasteiger partial charge in [0.1, 0.15) is 0 Å². The van der Waals surface area contributed by atoms with Gasteiger partial charge in [-0.3, -0.25) is 4.98 Å². The lowest BCUT2D eigenvalue weighted by atomic mass is 10.2. The van der Waals surface area contributed by atoms with Crippen molar-refractivity contribution in [2.24, 2.45) is 0 Å². The number of rotatable bonds is 3. The highest BCUT2D eigenvalue weighted by atomic mass is 32.2.